The second-order valence-electron chi connectivity index (χ2n) is 9.60. The van der Waals surface area contributed by atoms with E-state index in [1.54, 1.807) is 18.1 Å². The molecule has 0 unspecified atom stereocenters. The van der Waals surface area contributed by atoms with E-state index >= 15 is 0 Å². The molecule has 1 saturated carbocycles. The number of anilines is 1. The number of hydrogen-bond donors (Lipinski definition) is 0. The van der Waals surface area contributed by atoms with Crippen LogP contribution in [-0.2, 0) is 9.53 Å². The summed E-state index contributed by atoms with van der Waals surface area (Å²) in [5, 5.41) is 0. The van der Waals surface area contributed by atoms with E-state index in [0.29, 0.717) is 18.4 Å². The highest BCUT2D eigenvalue weighted by atomic mass is 16.6. The van der Waals surface area contributed by atoms with E-state index in [0.717, 1.165) is 57.5 Å². The van der Waals surface area contributed by atoms with E-state index in [1.165, 1.54) is 0 Å². The van der Waals surface area contributed by atoms with Crippen LogP contribution < -0.4 is 4.90 Å². The summed E-state index contributed by atoms with van der Waals surface area (Å²) in [5.41, 5.74) is 0.649. The number of carbonyl (C=O) groups excluding carboxylic acids is 2. The third-order valence-electron chi connectivity index (χ3n) is 6.04. The van der Waals surface area contributed by atoms with Crippen molar-refractivity contribution in [1.29, 1.82) is 0 Å². The van der Waals surface area contributed by atoms with Crippen LogP contribution in [0.15, 0.2) is 24.5 Å². The maximum atomic E-state index is 13.0. The quantitative estimate of drug-likeness (QED) is 0.753. The van der Waals surface area contributed by atoms with Gasteiger partial charge in [-0.25, -0.2) is 4.79 Å². The number of pyridine rings is 1. The predicted octanol–water partition coefficient (Wildman–Crippen LogP) is 3.40. The van der Waals surface area contributed by atoms with E-state index in [9.17, 15) is 9.59 Å². The average molecular weight is 417 g/mol. The summed E-state index contributed by atoms with van der Waals surface area (Å²) in [6.45, 7) is 9.59. The normalized spacial score (nSPS) is 22.5. The Bertz CT molecular complexity index is 703. The summed E-state index contributed by atoms with van der Waals surface area (Å²) in [4.78, 5) is 35.4. The Balaban J connectivity index is 1.41. The first kappa shape index (κ1) is 22.4. The molecule has 0 radical (unpaired) electrons. The second kappa shape index (κ2) is 9.67. The van der Waals surface area contributed by atoms with E-state index in [-0.39, 0.29) is 12.0 Å². The molecule has 1 aliphatic heterocycles. The van der Waals surface area contributed by atoms with Crippen LogP contribution in [0, 0.1) is 11.8 Å². The molecule has 2 amide bonds. The number of piperazine rings is 1. The molecule has 0 aromatic carbocycles. The Morgan fingerprint density at radius 1 is 1.13 bits per heavy atom. The van der Waals surface area contributed by atoms with Gasteiger partial charge in [0.15, 0.2) is 0 Å². The molecule has 166 valence electrons. The number of nitrogens with zero attached hydrogens (tertiary/aromatic N) is 4. The Labute approximate surface area is 180 Å². The molecular formula is C23H36N4O3. The largest absolute Gasteiger partial charge is 0.444 e. The number of rotatable bonds is 4. The lowest BCUT2D eigenvalue weighted by Crippen LogP contribution is -2.51. The fourth-order valence-corrected chi connectivity index (χ4v) is 4.38. The highest BCUT2D eigenvalue weighted by Crippen LogP contribution is 2.31. The third kappa shape index (κ3) is 6.09. The Morgan fingerprint density at radius 3 is 2.37 bits per heavy atom. The second-order valence-corrected chi connectivity index (χ2v) is 9.60. The molecular weight excluding hydrogens is 380 g/mol. The van der Waals surface area contributed by atoms with Crippen LogP contribution in [-0.4, -0.2) is 72.2 Å². The lowest BCUT2D eigenvalue weighted by atomic mass is 9.81. The first-order valence-corrected chi connectivity index (χ1v) is 11.1. The zero-order valence-electron chi connectivity index (χ0n) is 18.8. The standard InChI is InChI=1S/C23H36N4O3/c1-23(2,3)30-22(29)25(4)17-18-7-9-19(10-8-18)21(28)27-14-12-26(13-15-27)20-6-5-11-24-16-20/h5-6,11,16,18-19H,7-10,12-15,17H2,1-4H3. The zero-order chi connectivity index (χ0) is 21.7. The molecule has 1 aliphatic carbocycles. The molecule has 30 heavy (non-hydrogen) atoms. The average Bonchev–Trinajstić information content (AvgIpc) is 2.73. The van der Waals surface area contributed by atoms with Crippen LogP contribution in [0.5, 0.6) is 0 Å². The molecule has 0 bridgehead atoms. The highest BCUT2D eigenvalue weighted by molar-refractivity contribution is 5.79. The van der Waals surface area contributed by atoms with Gasteiger partial charge in [-0.3, -0.25) is 9.78 Å². The number of aromatic nitrogens is 1. The van der Waals surface area contributed by atoms with Gasteiger partial charge in [-0.2, -0.15) is 0 Å². The maximum Gasteiger partial charge on any atom is 0.410 e. The monoisotopic (exact) mass is 416 g/mol. The molecule has 1 aromatic rings. The summed E-state index contributed by atoms with van der Waals surface area (Å²) < 4.78 is 5.44. The van der Waals surface area contributed by atoms with Gasteiger partial charge >= 0.3 is 6.09 Å². The summed E-state index contributed by atoms with van der Waals surface area (Å²) >= 11 is 0. The molecule has 3 rings (SSSR count). The van der Waals surface area contributed by atoms with Gasteiger partial charge in [0.2, 0.25) is 5.91 Å². The van der Waals surface area contributed by atoms with E-state index in [2.05, 4.69) is 16.0 Å². The van der Waals surface area contributed by atoms with Crippen LogP contribution in [0.3, 0.4) is 0 Å². The van der Waals surface area contributed by atoms with Crippen LogP contribution in [0.4, 0.5) is 10.5 Å². The van der Waals surface area contributed by atoms with Crippen molar-refractivity contribution in [3.8, 4) is 0 Å². The number of amides is 2. The molecule has 0 atom stereocenters. The summed E-state index contributed by atoms with van der Waals surface area (Å²) in [5.74, 6) is 0.867. The van der Waals surface area contributed by atoms with Crippen LogP contribution >= 0.6 is 0 Å². The smallest absolute Gasteiger partial charge is 0.410 e. The van der Waals surface area contributed by atoms with Gasteiger partial charge in [-0.15, -0.1) is 0 Å². The molecule has 2 fully saturated rings. The van der Waals surface area contributed by atoms with Crippen molar-refractivity contribution < 1.29 is 14.3 Å². The van der Waals surface area contributed by atoms with Gasteiger partial charge in [0.1, 0.15) is 5.60 Å². The third-order valence-corrected chi connectivity index (χ3v) is 6.04. The molecule has 0 N–H and O–H groups in total. The molecule has 2 aliphatic rings. The van der Waals surface area contributed by atoms with Crippen molar-refractivity contribution >= 4 is 17.7 Å². The Hall–Kier alpha value is -2.31. The Kier molecular flexibility index (Phi) is 7.21. The lowest BCUT2D eigenvalue weighted by molar-refractivity contribution is -0.137. The first-order valence-electron chi connectivity index (χ1n) is 11.1. The molecule has 7 heteroatoms. The van der Waals surface area contributed by atoms with Crippen LogP contribution in [0.2, 0.25) is 0 Å². The summed E-state index contributed by atoms with van der Waals surface area (Å²) in [7, 11) is 1.80. The molecule has 1 saturated heterocycles. The van der Waals surface area contributed by atoms with Crippen molar-refractivity contribution in [3.63, 3.8) is 0 Å². The van der Waals surface area contributed by atoms with Crippen molar-refractivity contribution in [2.75, 3.05) is 44.7 Å². The molecule has 0 spiro atoms. The number of ether oxygens (including phenoxy) is 1. The number of hydrogen-bond acceptors (Lipinski definition) is 5. The molecule has 2 heterocycles. The van der Waals surface area contributed by atoms with Crippen molar-refractivity contribution in [3.05, 3.63) is 24.5 Å². The van der Waals surface area contributed by atoms with Gasteiger partial charge in [-0.05, 0) is 64.5 Å². The van der Waals surface area contributed by atoms with Crippen molar-refractivity contribution in [2.24, 2.45) is 11.8 Å². The van der Waals surface area contributed by atoms with E-state index < -0.39 is 5.60 Å². The van der Waals surface area contributed by atoms with Crippen molar-refractivity contribution in [1.82, 2.24) is 14.8 Å². The van der Waals surface area contributed by atoms with Crippen molar-refractivity contribution in [2.45, 2.75) is 52.1 Å². The maximum absolute atomic E-state index is 13.0. The zero-order valence-corrected chi connectivity index (χ0v) is 18.8. The van der Waals surface area contributed by atoms with Gasteiger partial charge in [0.25, 0.3) is 0 Å². The minimum absolute atomic E-state index is 0.123. The Morgan fingerprint density at radius 2 is 1.80 bits per heavy atom. The lowest BCUT2D eigenvalue weighted by Gasteiger charge is -2.39. The van der Waals surface area contributed by atoms with Gasteiger partial charge in [0.05, 0.1) is 11.9 Å². The fraction of sp³-hybridized carbons (Fsp3) is 0.696. The predicted molar refractivity (Wildman–Crippen MR) is 117 cm³/mol. The van der Waals surface area contributed by atoms with E-state index in [1.807, 2.05) is 37.9 Å². The first-order chi connectivity index (χ1) is 14.2. The van der Waals surface area contributed by atoms with E-state index in [4.69, 9.17) is 4.74 Å². The molecule has 1 aromatic heterocycles. The van der Waals surface area contributed by atoms with Gasteiger partial charge in [-0.1, -0.05) is 0 Å². The summed E-state index contributed by atoms with van der Waals surface area (Å²) in [6.07, 6.45) is 7.19. The highest BCUT2D eigenvalue weighted by Gasteiger charge is 2.32. The van der Waals surface area contributed by atoms with Gasteiger partial charge in [0, 0.05) is 51.9 Å². The molecule has 7 nitrogen and oxygen atoms in total. The SMILES string of the molecule is CN(CC1CCC(C(=O)N2CCN(c3cccnc3)CC2)CC1)C(=O)OC(C)(C)C. The fourth-order valence-electron chi connectivity index (χ4n) is 4.38. The topological polar surface area (TPSA) is 66.0 Å². The van der Waals surface area contributed by atoms with Gasteiger partial charge < -0.3 is 19.4 Å². The minimum atomic E-state index is -0.476. The minimum Gasteiger partial charge on any atom is -0.444 e. The summed E-state index contributed by atoms with van der Waals surface area (Å²) in [6, 6.07) is 4.02. The number of carbonyl (C=O) groups is 2. The van der Waals surface area contributed by atoms with Crippen LogP contribution in [0.1, 0.15) is 46.5 Å². The van der Waals surface area contributed by atoms with Crippen LogP contribution in [0.25, 0.3) is 0 Å².